The molecule has 0 spiro atoms. The van der Waals surface area contributed by atoms with Gasteiger partial charge in [0.2, 0.25) is 5.91 Å². The van der Waals surface area contributed by atoms with Gasteiger partial charge in [0, 0.05) is 27.3 Å². The monoisotopic (exact) mass is 536 g/mol. The fourth-order valence-corrected chi connectivity index (χ4v) is 5.04. The molecule has 0 aliphatic heterocycles. The first-order valence-electron chi connectivity index (χ1n) is 13.4. The van der Waals surface area contributed by atoms with E-state index in [-0.39, 0.29) is 22.9 Å². The third-order valence-electron chi connectivity index (χ3n) is 5.49. The molecular weight excluding hydrogens is 492 g/mol. The van der Waals surface area contributed by atoms with Gasteiger partial charge in [-0.25, -0.2) is 0 Å². The van der Waals surface area contributed by atoms with Gasteiger partial charge in [0.15, 0.2) is 0 Å². The molecule has 3 N–H and O–H groups in total. The Morgan fingerprint density at radius 3 is 2.21 bits per heavy atom. The van der Waals surface area contributed by atoms with Crippen LogP contribution >= 0.6 is 11.8 Å². The third-order valence-corrected chi connectivity index (χ3v) is 6.74. The number of nitrogens with one attached hydrogen (secondary N) is 2. The maximum atomic E-state index is 13.3. The van der Waals surface area contributed by atoms with E-state index in [1.807, 2.05) is 116 Å². The van der Waals surface area contributed by atoms with Gasteiger partial charge in [0.1, 0.15) is 0 Å². The molecule has 0 aromatic heterocycles. The van der Waals surface area contributed by atoms with Crippen LogP contribution in [0.4, 0.5) is 0 Å². The van der Waals surface area contributed by atoms with Crippen LogP contribution in [0.15, 0.2) is 71.2 Å². The Kier molecular flexibility index (Phi) is 11.4. The van der Waals surface area contributed by atoms with Gasteiger partial charge in [-0.3, -0.25) is 9.59 Å². The van der Waals surface area contributed by atoms with E-state index in [2.05, 4.69) is 10.6 Å². The second kappa shape index (κ2) is 13.8. The zero-order valence-corrected chi connectivity index (χ0v) is 25.0. The maximum Gasteiger partial charge on any atom is 0.252 e. The molecule has 0 saturated carbocycles. The molecule has 206 valence electrons. The molecule has 5 nitrogen and oxygen atoms in total. The number of benzene rings is 2. The number of carbonyl (C=O) groups excluding carboxylic acids is 2. The molecule has 1 unspecified atom stereocenters. The molecule has 0 bridgehead atoms. The van der Waals surface area contributed by atoms with Gasteiger partial charge in [-0.1, -0.05) is 68.5 Å². The van der Waals surface area contributed by atoms with E-state index in [9.17, 15) is 14.7 Å². The highest BCUT2D eigenvalue weighted by Crippen LogP contribution is 2.29. The Labute approximate surface area is 232 Å². The molecule has 2 aromatic rings. The highest BCUT2D eigenvalue weighted by atomic mass is 32.2. The van der Waals surface area contributed by atoms with Crippen LogP contribution in [0.1, 0.15) is 77.7 Å². The van der Waals surface area contributed by atoms with E-state index in [0.717, 1.165) is 21.2 Å². The largest absolute Gasteiger partial charge is 0.392 e. The van der Waals surface area contributed by atoms with Gasteiger partial charge in [-0.05, 0) is 76.8 Å². The molecule has 2 amide bonds. The van der Waals surface area contributed by atoms with Crippen molar-refractivity contribution in [2.75, 3.05) is 5.75 Å². The number of fused-ring (bicyclic) bond motifs is 1. The minimum Gasteiger partial charge on any atom is -0.392 e. The predicted molar refractivity (Wildman–Crippen MR) is 163 cm³/mol. The Bertz CT molecular complexity index is 1210. The lowest BCUT2D eigenvalue weighted by Crippen LogP contribution is -2.41. The number of aliphatic hydroxyl groups is 1. The molecule has 0 saturated heterocycles. The quantitative estimate of drug-likeness (QED) is 0.367. The number of allylic oxidation sites excluding steroid dienone is 4. The van der Waals surface area contributed by atoms with Gasteiger partial charge in [0.05, 0.1) is 11.7 Å². The van der Waals surface area contributed by atoms with Gasteiger partial charge in [-0.2, -0.15) is 0 Å². The summed E-state index contributed by atoms with van der Waals surface area (Å²) in [5.74, 6) is 0.168. The van der Waals surface area contributed by atoms with Gasteiger partial charge in [-0.15, -0.1) is 11.8 Å². The number of thioether (sulfide) groups is 1. The van der Waals surface area contributed by atoms with Crippen LogP contribution < -0.4 is 10.6 Å². The van der Waals surface area contributed by atoms with E-state index in [1.165, 1.54) is 11.8 Å². The van der Waals surface area contributed by atoms with Crippen LogP contribution in [0.2, 0.25) is 0 Å². The first kappa shape index (κ1) is 31.4. The van der Waals surface area contributed by atoms with Gasteiger partial charge < -0.3 is 15.7 Å². The molecular formula is C32H44N2O3S. The summed E-state index contributed by atoms with van der Waals surface area (Å²) in [5, 5.41) is 19.0. The number of aliphatic hydroxyl groups excluding tert-OH is 1. The SMILES string of the molecule is CC.CC(C)(C)NC(=O)C1=C(SCC(O)Cc2ccc3ccccc3c2C(=O)NC(C)(C)C)C=CC=CC1. The third kappa shape index (κ3) is 9.48. The van der Waals surface area contributed by atoms with Crippen molar-refractivity contribution in [1.29, 1.82) is 0 Å². The van der Waals surface area contributed by atoms with Crippen LogP contribution in [0.25, 0.3) is 10.8 Å². The first-order chi connectivity index (χ1) is 17.8. The number of hydrogen-bond acceptors (Lipinski definition) is 4. The number of amides is 2. The standard InChI is InChI=1S/C30H38N2O3S.C2H6/c1-29(2,3)31-27(34)24-14-8-7-9-15-25(24)36-19-22(33)18-21-17-16-20-12-10-11-13-23(20)26(21)28(35)32-30(4,5)6;1-2/h7-13,15-17,22,33H,14,18-19H2,1-6H3,(H,31,34)(H,32,35);1-2H3. The van der Waals surface area contributed by atoms with E-state index in [1.54, 1.807) is 0 Å². The van der Waals surface area contributed by atoms with Crippen LogP contribution in [-0.4, -0.2) is 39.9 Å². The second-order valence-electron chi connectivity index (χ2n) is 11.2. The van der Waals surface area contributed by atoms with Crippen molar-refractivity contribution < 1.29 is 14.7 Å². The molecule has 1 aliphatic carbocycles. The molecule has 1 aliphatic rings. The summed E-state index contributed by atoms with van der Waals surface area (Å²) < 4.78 is 0. The number of rotatable bonds is 7. The van der Waals surface area contributed by atoms with Crippen LogP contribution in [-0.2, 0) is 11.2 Å². The maximum absolute atomic E-state index is 13.3. The minimum atomic E-state index is -0.693. The fraction of sp³-hybridized carbons (Fsp3) is 0.438. The van der Waals surface area contributed by atoms with Crippen molar-refractivity contribution in [2.24, 2.45) is 0 Å². The highest BCUT2D eigenvalue weighted by Gasteiger charge is 2.23. The zero-order valence-electron chi connectivity index (χ0n) is 24.1. The molecule has 6 heteroatoms. The summed E-state index contributed by atoms with van der Waals surface area (Å²) in [7, 11) is 0. The minimum absolute atomic E-state index is 0.0913. The lowest BCUT2D eigenvalue weighted by atomic mass is 9.94. The van der Waals surface area contributed by atoms with Crippen LogP contribution in [0, 0.1) is 0 Å². The molecule has 0 fully saturated rings. The van der Waals surface area contributed by atoms with Gasteiger partial charge >= 0.3 is 0 Å². The number of carbonyl (C=O) groups is 2. The lowest BCUT2D eigenvalue weighted by molar-refractivity contribution is -0.118. The topological polar surface area (TPSA) is 78.4 Å². The van der Waals surface area contributed by atoms with Crippen LogP contribution in [0.3, 0.4) is 0 Å². The van der Waals surface area contributed by atoms with Crippen molar-refractivity contribution in [3.05, 3.63) is 82.3 Å². The average Bonchev–Trinajstić information content (AvgIpc) is 3.07. The Morgan fingerprint density at radius 2 is 1.55 bits per heavy atom. The highest BCUT2D eigenvalue weighted by molar-refractivity contribution is 8.03. The smallest absolute Gasteiger partial charge is 0.252 e. The normalized spacial score (nSPS) is 14.4. The zero-order chi connectivity index (χ0) is 28.5. The molecule has 0 radical (unpaired) electrons. The summed E-state index contributed by atoms with van der Waals surface area (Å²) in [5.41, 5.74) is 1.40. The van der Waals surface area contributed by atoms with Crippen molar-refractivity contribution in [3.8, 4) is 0 Å². The van der Waals surface area contributed by atoms with Crippen molar-refractivity contribution in [2.45, 2.75) is 85.4 Å². The molecule has 3 rings (SSSR count). The number of hydrogen-bond donors (Lipinski definition) is 3. The van der Waals surface area contributed by atoms with Crippen molar-refractivity contribution in [1.82, 2.24) is 10.6 Å². The lowest BCUT2D eigenvalue weighted by Gasteiger charge is -2.23. The average molecular weight is 537 g/mol. The molecule has 2 aromatic carbocycles. The van der Waals surface area contributed by atoms with E-state index < -0.39 is 6.10 Å². The molecule has 38 heavy (non-hydrogen) atoms. The predicted octanol–water partition coefficient (Wildman–Crippen LogP) is 6.72. The van der Waals surface area contributed by atoms with Crippen molar-refractivity contribution in [3.63, 3.8) is 0 Å². The van der Waals surface area contributed by atoms with E-state index >= 15 is 0 Å². The Balaban J connectivity index is 0.00000247. The van der Waals surface area contributed by atoms with E-state index in [4.69, 9.17) is 0 Å². The summed E-state index contributed by atoms with van der Waals surface area (Å²) >= 11 is 1.47. The molecule has 1 atom stereocenters. The van der Waals surface area contributed by atoms with Gasteiger partial charge in [0.25, 0.3) is 5.91 Å². The Hall–Kier alpha value is -2.83. The fourth-order valence-electron chi connectivity index (χ4n) is 4.02. The Morgan fingerprint density at radius 1 is 0.921 bits per heavy atom. The van der Waals surface area contributed by atoms with E-state index in [0.29, 0.717) is 29.7 Å². The van der Waals surface area contributed by atoms with Crippen molar-refractivity contribution >= 4 is 34.3 Å². The second-order valence-corrected chi connectivity index (χ2v) is 12.3. The summed E-state index contributed by atoms with van der Waals surface area (Å²) in [4.78, 5) is 27.1. The molecule has 0 heterocycles. The summed E-state index contributed by atoms with van der Waals surface area (Å²) in [6.07, 6.45) is 7.93. The summed E-state index contributed by atoms with van der Waals surface area (Å²) in [6.45, 7) is 15.7. The summed E-state index contributed by atoms with van der Waals surface area (Å²) in [6, 6.07) is 11.7. The van der Waals surface area contributed by atoms with Crippen LogP contribution in [0.5, 0.6) is 0 Å². The first-order valence-corrected chi connectivity index (χ1v) is 14.4.